The van der Waals surface area contributed by atoms with Crippen LogP contribution < -0.4 is 0 Å². The van der Waals surface area contributed by atoms with Gasteiger partial charge in [-0.1, -0.05) is 32.8 Å². The van der Waals surface area contributed by atoms with Crippen molar-refractivity contribution in [2.75, 3.05) is 6.54 Å². The Kier molecular flexibility index (Phi) is 4.93. The number of hydrogen-bond acceptors (Lipinski definition) is 2. The average Bonchev–Trinajstić information content (AvgIpc) is 2.73. The molecule has 0 radical (unpaired) electrons. The van der Waals surface area contributed by atoms with E-state index in [1.165, 1.54) is 0 Å². The molecule has 1 N–H and O–H groups in total. The predicted octanol–water partition coefficient (Wildman–Crippen LogP) is 2.44. The van der Waals surface area contributed by atoms with E-state index in [1.807, 2.05) is 13.8 Å². The highest BCUT2D eigenvalue weighted by Gasteiger charge is 2.47. The summed E-state index contributed by atoms with van der Waals surface area (Å²) in [5.41, 5.74) is -1.02. The zero-order chi connectivity index (χ0) is 13.8. The van der Waals surface area contributed by atoms with Crippen molar-refractivity contribution in [3.63, 3.8) is 0 Å². The third-order valence-corrected chi connectivity index (χ3v) is 3.93. The lowest BCUT2D eigenvalue weighted by Gasteiger charge is -2.38. The third-order valence-electron chi connectivity index (χ3n) is 3.93. The van der Waals surface area contributed by atoms with Crippen LogP contribution in [0.4, 0.5) is 0 Å². The van der Waals surface area contributed by atoms with Gasteiger partial charge in [0.15, 0.2) is 0 Å². The fourth-order valence-electron chi connectivity index (χ4n) is 2.65. The smallest absolute Gasteiger partial charge is 0.329 e. The molecule has 4 nitrogen and oxygen atoms in total. The molecule has 1 unspecified atom stereocenters. The Hall–Kier alpha value is -1.32. The summed E-state index contributed by atoms with van der Waals surface area (Å²) >= 11 is 0. The average molecular weight is 253 g/mol. The van der Waals surface area contributed by atoms with Gasteiger partial charge in [0.25, 0.3) is 0 Å². The first kappa shape index (κ1) is 14.7. The van der Waals surface area contributed by atoms with Crippen LogP contribution in [0.15, 0.2) is 12.7 Å². The Bertz CT molecular complexity index is 340. The van der Waals surface area contributed by atoms with Crippen LogP contribution in [0.1, 0.15) is 46.0 Å². The molecular weight excluding hydrogens is 230 g/mol. The molecule has 18 heavy (non-hydrogen) atoms. The van der Waals surface area contributed by atoms with Crippen molar-refractivity contribution in [1.29, 1.82) is 0 Å². The number of carbonyl (C=O) groups is 2. The molecule has 1 aliphatic rings. The minimum atomic E-state index is -1.02. The summed E-state index contributed by atoms with van der Waals surface area (Å²) in [6.45, 7) is 8.07. The van der Waals surface area contributed by atoms with Crippen LogP contribution in [0, 0.1) is 5.92 Å². The van der Waals surface area contributed by atoms with Crippen molar-refractivity contribution in [3.05, 3.63) is 12.7 Å². The van der Waals surface area contributed by atoms with Gasteiger partial charge in [0.2, 0.25) is 5.91 Å². The van der Waals surface area contributed by atoms with Crippen LogP contribution >= 0.6 is 0 Å². The molecule has 2 atom stereocenters. The lowest BCUT2D eigenvalue weighted by Crippen LogP contribution is -2.55. The normalized spacial score (nSPS) is 22.9. The Morgan fingerprint density at radius 2 is 2.28 bits per heavy atom. The molecule has 1 rings (SSSR count). The van der Waals surface area contributed by atoms with Crippen molar-refractivity contribution in [2.24, 2.45) is 5.92 Å². The number of aliphatic carboxylic acids is 1. The van der Waals surface area contributed by atoms with Crippen molar-refractivity contribution in [2.45, 2.75) is 51.5 Å². The maximum Gasteiger partial charge on any atom is 0.329 e. The van der Waals surface area contributed by atoms with Gasteiger partial charge in [-0.3, -0.25) is 4.79 Å². The highest BCUT2D eigenvalue weighted by Crippen LogP contribution is 2.33. The molecule has 0 aromatic carbocycles. The number of carboxylic acid groups (broad SMARTS) is 1. The Labute approximate surface area is 109 Å². The molecule has 0 bridgehead atoms. The number of hydrogen-bond donors (Lipinski definition) is 1. The molecule has 1 heterocycles. The number of carbonyl (C=O) groups excluding carboxylic acids is 1. The molecule has 102 valence electrons. The summed E-state index contributed by atoms with van der Waals surface area (Å²) in [6, 6.07) is 0. The second kappa shape index (κ2) is 6.03. The molecule has 0 spiro atoms. The van der Waals surface area contributed by atoms with E-state index in [4.69, 9.17) is 0 Å². The fourth-order valence-corrected chi connectivity index (χ4v) is 2.65. The van der Waals surface area contributed by atoms with Gasteiger partial charge in [0, 0.05) is 18.9 Å². The standard InChI is InChI=1S/C14H23NO3/c1-4-7-8-14(6-3,13(17)18)15-10-11(5-2)9-12(15)16/h5,11H,2,4,6-10H2,1,3H3,(H,17,18)/t11?,14-/m0/s1. The maximum atomic E-state index is 12.0. The Morgan fingerprint density at radius 3 is 2.67 bits per heavy atom. The number of nitrogens with zero attached hydrogens (tertiary/aromatic N) is 1. The largest absolute Gasteiger partial charge is 0.479 e. The quantitative estimate of drug-likeness (QED) is 0.709. The third kappa shape index (κ3) is 2.57. The van der Waals surface area contributed by atoms with Crippen LogP contribution in [-0.2, 0) is 9.59 Å². The lowest BCUT2D eigenvalue weighted by molar-refractivity contribution is -0.158. The van der Waals surface area contributed by atoms with Gasteiger partial charge in [-0.2, -0.15) is 0 Å². The van der Waals surface area contributed by atoms with Gasteiger partial charge in [0.1, 0.15) is 5.54 Å². The summed E-state index contributed by atoms with van der Waals surface area (Å²) in [4.78, 5) is 25.3. The number of amides is 1. The zero-order valence-electron chi connectivity index (χ0n) is 11.3. The first-order valence-corrected chi connectivity index (χ1v) is 6.68. The summed E-state index contributed by atoms with van der Waals surface area (Å²) in [5, 5.41) is 9.57. The molecule has 1 saturated heterocycles. The van der Waals surface area contributed by atoms with E-state index in [9.17, 15) is 14.7 Å². The van der Waals surface area contributed by atoms with E-state index in [1.54, 1.807) is 11.0 Å². The Balaban J connectivity index is 2.98. The zero-order valence-corrected chi connectivity index (χ0v) is 11.3. The van der Waals surface area contributed by atoms with Crippen molar-refractivity contribution < 1.29 is 14.7 Å². The lowest BCUT2D eigenvalue weighted by atomic mass is 9.88. The van der Waals surface area contributed by atoms with Crippen molar-refractivity contribution in [1.82, 2.24) is 4.90 Å². The molecule has 0 aromatic rings. The summed E-state index contributed by atoms with van der Waals surface area (Å²) < 4.78 is 0. The van der Waals surface area contributed by atoms with Crippen LogP contribution in [0.3, 0.4) is 0 Å². The molecule has 0 aliphatic carbocycles. The van der Waals surface area contributed by atoms with Gasteiger partial charge in [-0.15, -0.1) is 6.58 Å². The summed E-state index contributed by atoms with van der Waals surface area (Å²) in [7, 11) is 0. The summed E-state index contributed by atoms with van der Waals surface area (Å²) in [5.74, 6) is -0.846. The first-order chi connectivity index (χ1) is 8.51. The number of unbranched alkanes of at least 4 members (excludes halogenated alkanes) is 1. The van der Waals surface area contributed by atoms with E-state index in [2.05, 4.69) is 6.58 Å². The predicted molar refractivity (Wildman–Crippen MR) is 70.2 cm³/mol. The van der Waals surface area contributed by atoms with Gasteiger partial charge in [-0.05, 0) is 12.8 Å². The van der Waals surface area contributed by atoms with E-state index in [0.717, 1.165) is 12.8 Å². The van der Waals surface area contributed by atoms with E-state index in [0.29, 0.717) is 25.8 Å². The highest BCUT2D eigenvalue weighted by atomic mass is 16.4. The maximum absolute atomic E-state index is 12.0. The van der Waals surface area contributed by atoms with Gasteiger partial charge in [-0.25, -0.2) is 4.79 Å². The molecule has 4 heteroatoms. The van der Waals surface area contributed by atoms with Gasteiger partial charge in [0.05, 0.1) is 0 Å². The minimum Gasteiger partial charge on any atom is -0.479 e. The van der Waals surface area contributed by atoms with E-state index >= 15 is 0 Å². The minimum absolute atomic E-state index is 0.0553. The molecule has 1 fully saturated rings. The van der Waals surface area contributed by atoms with E-state index in [-0.39, 0.29) is 11.8 Å². The molecule has 0 saturated carbocycles. The number of likely N-dealkylation sites (tertiary alicyclic amines) is 1. The number of carboxylic acids is 1. The molecule has 1 amide bonds. The number of rotatable bonds is 7. The second-order valence-corrected chi connectivity index (χ2v) is 5.00. The summed E-state index contributed by atoms with van der Waals surface area (Å²) in [6.07, 6.45) is 4.89. The molecule has 1 aliphatic heterocycles. The highest BCUT2D eigenvalue weighted by molar-refractivity contribution is 5.88. The van der Waals surface area contributed by atoms with Crippen LogP contribution in [0.25, 0.3) is 0 Å². The van der Waals surface area contributed by atoms with Crippen molar-refractivity contribution >= 4 is 11.9 Å². The monoisotopic (exact) mass is 253 g/mol. The Morgan fingerprint density at radius 1 is 1.61 bits per heavy atom. The fraction of sp³-hybridized carbons (Fsp3) is 0.714. The molecular formula is C14H23NO3. The van der Waals surface area contributed by atoms with Crippen LogP contribution in [0.2, 0.25) is 0 Å². The van der Waals surface area contributed by atoms with Gasteiger partial charge < -0.3 is 10.0 Å². The molecule has 0 aromatic heterocycles. The second-order valence-electron chi connectivity index (χ2n) is 5.00. The first-order valence-electron chi connectivity index (χ1n) is 6.68. The van der Waals surface area contributed by atoms with Gasteiger partial charge >= 0.3 is 5.97 Å². The van der Waals surface area contributed by atoms with E-state index < -0.39 is 11.5 Å². The van der Waals surface area contributed by atoms with Crippen LogP contribution in [-0.4, -0.2) is 34.0 Å². The SMILES string of the molecule is C=CC1CC(=O)N([C@@](CC)(CCCC)C(=O)O)C1. The topological polar surface area (TPSA) is 57.6 Å². The van der Waals surface area contributed by atoms with Crippen LogP contribution in [0.5, 0.6) is 0 Å². The van der Waals surface area contributed by atoms with Crippen molar-refractivity contribution in [3.8, 4) is 0 Å².